The van der Waals surface area contributed by atoms with Crippen LogP contribution in [0.15, 0.2) is 73.1 Å². The average molecular weight is 855 g/mol. The number of benzene rings is 2. The van der Waals surface area contributed by atoms with E-state index in [2.05, 4.69) is 61.2 Å². The maximum atomic E-state index is 16.5. The Labute approximate surface area is 366 Å². The van der Waals surface area contributed by atoms with Gasteiger partial charge in [0.1, 0.15) is 17.1 Å². The van der Waals surface area contributed by atoms with Crippen molar-refractivity contribution in [3.63, 3.8) is 0 Å². The molecule has 0 radical (unpaired) electrons. The number of carbonyl (C=O) groups is 3. The van der Waals surface area contributed by atoms with Gasteiger partial charge < -0.3 is 30.1 Å². The third-order valence-corrected chi connectivity index (χ3v) is 14.1. The Bertz CT molecular complexity index is 2540. The molecule has 0 spiro atoms. The second-order valence-electron chi connectivity index (χ2n) is 18.6. The number of nitrogen functional groups attached to an aromatic ring is 1. The van der Waals surface area contributed by atoms with E-state index in [-0.39, 0.29) is 35.9 Å². The molecule has 14 nitrogen and oxygen atoms in total. The van der Waals surface area contributed by atoms with Crippen LogP contribution in [0.2, 0.25) is 0 Å². The highest BCUT2D eigenvalue weighted by Gasteiger charge is 2.39. The monoisotopic (exact) mass is 854 g/mol. The van der Waals surface area contributed by atoms with Crippen molar-refractivity contribution in [2.45, 2.75) is 81.8 Å². The SMILES string of the molecule is C[C@H]1C[C@H](c2ccc(C(=O)N3CCC(F)(CN4CCC(n5cc(C6CC6)c6cc(N7CCC(=O)NC7=O)cnc65)CC4)CC3)cc2)CN(c2cc(-c3ccccc3O)nnc2N)C1. The standard InChI is InChI=1S/C48H55FN10O4/c1-30-22-34(27-57(26-30)41-24-40(53-54-44(41)50)37-4-2-3-5-42(37)60)31-6-10-33(11-7-31)46(62)56-20-15-48(49,16-21-56)29-55-17-12-35(13-18-55)59-28-39(32-8-9-32)38-23-36(25-51-45(38)59)58-19-14-43(61)52-47(58)63/h2-7,10-11,23-25,28,30,32,34-35,60H,8-9,12-22,26-27,29H2,1H3,(H2,50,54)(H,52,61,63)/t30-,34-/m0/s1. The number of para-hydroxylation sites is 1. The number of hydrogen-bond donors (Lipinski definition) is 3. The molecule has 328 valence electrons. The van der Waals surface area contributed by atoms with Gasteiger partial charge in [0, 0.05) is 106 Å². The number of piperidine rings is 3. The van der Waals surface area contributed by atoms with Gasteiger partial charge in [-0.15, -0.1) is 10.2 Å². The van der Waals surface area contributed by atoms with E-state index < -0.39 is 11.7 Å². The molecule has 15 heteroatoms. The van der Waals surface area contributed by atoms with Crippen molar-refractivity contribution in [1.82, 2.24) is 34.9 Å². The fraction of sp³-hybridized carbons (Fsp3) is 0.458. The molecule has 2 aromatic carbocycles. The molecule has 10 rings (SSSR count). The molecule has 5 aliphatic rings. The first kappa shape index (κ1) is 41.0. The quantitative estimate of drug-likeness (QED) is 0.140. The van der Waals surface area contributed by atoms with Gasteiger partial charge in [0.15, 0.2) is 5.82 Å². The van der Waals surface area contributed by atoms with E-state index in [9.17, 15) is 19.5 Å². The van der Waals surface area contributed by atoms with E-state index in [1.165, 1.54) is 5.56 Å². The van der Waals surface area contributed by atoms with Crippen LogP contribution in [0.3, 0.4) is 0 Å². The van der Waals surface area contributed by atoms with Crippen LogP contribution >= 0.6 is 0 Å². The number of alkyl halides is 1. The van der Waals surface area contributed by atoms with Gasteiger partial charge >= 0.3 is 6.03 Å². The number of hydrogen-bond acceptors (Lipinski definition) is 10. The van der Waals surface area contributed by atoms with Crippen molar-refractivity contribution >= 4 is 46.1 Å². The van der Waals surface area contributed by atoms with E-state index in [1.54, 1.807) is 28.1 Å². The third kappa shape index (κ3) is 8.30. The zero-order chi connectivity index (χ0) is 43.4. The Morgan fingerprint density at radius 3 is 2.43 bits per heavy atom. The van der Waals surface area contributed by atoms with Gasteiger partial charge in [-0.1, -0.05) is 31.2 Å². The van der Waals surface area contributed by atoms with Gasteiger partial charge in [-0.05, 0) is 91.5 Å². The summed E-state index contributed by atoms with van der Waals surface area (Å²) in [5, 5.41) is 22.4. The van der Waals surface area contributed by atoms with Crippen LogP contribution in [0.4, 0.5) is 26.4 Å². The summed E-state index contributed by atoms with van der Waals surface area (Å²) >= 11 is 0. The molecule has 4 aliphatic heterocycles. The first-order chi connectivity index (χ1) is 30.5. The molecule has 2 atom stereocenters. The average Bonchev–Trinajstić information content (AvgIpc) is 4.06. The summed E-state index contributed by atoms with van der Waals surface area (Å²) in [4.78, 5) is 50.8. The van der Waals surface area contributed by atoms with Crippen molar-refractivity contribution in [3.05, 3.63) is 89.7 Å². The highest BCUT2D eigenvalue weighted by Crippen LogP contribution is 2.46. The van der Waals surface area contributed by atoms with Crippen LogP contribution in [0.25, 0.3) is 22.3 Å². The third-order valence-electron chi connectivity index (χ3n) is 14.1. The number of phenolic OH excluding ortho intramolecular Hbond substituents is 1. The van der Waals surface area contributed by atoms with E-state index >= 15 is 4.39 Å². The highest BCUT2D eigenvalue weighted by atomic mass is 19.1. The van der Waals surface area contributed by atoms with Gasteiger partial charge in [0.25, 0.3) is 5.91 Å². The first-order valence-electron chi connectivity index (χ1n) is 22.6. The van der Waals surface area contributed by atoms with E-state index in [1.807, 2.05) is 30.3 Å². The molecule has 63 heavy (non-hydrogen) atoms. The molecule has 0 unspecified atom stereocenters. The minimum Gasteiger partial charge on any atom is -0.507 e. The van der Waals surface area contributed by atoms with Crippen molar-refractivity contribution in [2.75, 3.05) is 67.9 Å². The number of aromatic nitrogens is 4. The van der Waals surface area contributed by atoms with Crippen LogP contribution < -0.4 is 20.9 Å². The van der Waals surface area contributed by atoms with Crippen molar-refractivity contribution < 1.29 is 23.9 Å². The number of pyridine rings is 1. The zero-order valence-electron chi connectivity index (χ0n) is 35.8. The summed E-state index contributed by atoms with van der Waals surface area (Å²) in [5.74, 6) is 1.25. The van der Waals surface area contributed by atoms with E-state index in [0.29, 0.717) is 79.2 Å². The predicted molar refractivity (Wildman–Crippen MR) is 240 cm³/mol. The van der Waals surface area contributed by atoms with Gasteiger partial charge in [-0.25, -0.2) is 14.2 Å². The highest BCUT2D eigenvalue weighted by molar-refractivity contribution is 6.06. The molecule has 1 saturated carbocycles. The number of fused-ring (bicyclic) bond motifs is 1. The molecule has 0 bridgehead atoms. The summed E-state index contributed by atoms with van der Waals surface area (Å²) in [7, 11) is 0. The topological polar surface area (TPSA) is 166 Å². The molecule has 4 amide bonds. The molecule has 4 N–H and O–H groups in total. The smallest absolute Gasteiger partial charge is 0.328 e. The number of nitrogens with one attached hydrogen (secondary N) is 1. The number of carbonyl (C=O) groups excluding carboxylic acids is 3. The second kappa shape index (κ2) is 16.6. The zero-order valence-corrected chi connectivity index (χ0v) is 35.8. The number of nitrogens with two attached hydrogens (primary N) is 1. The number of amides is 4. The summed E-state index contributed by atoms with van der Waals surface area (Å²) < 4.78 is 18.8. The minimum absolute atomic E-state index is 0.0603. The number of imide groups is 1. The number of halogens is 1. The summed E-state index contributed by atoms with van der Waals surface area (Å²) in [6.07, 6.45) is 9.93. The molecule has 1 aliphatic carbocycles. The van der Waals surface area contributed by atoms with Crippen molar-refractivity contribution in [2.24, 2.45) is 5.92 Å². The molecular weight excluding hydrogens is 800 g/mol. The van der Waals surface area contributed by atoms with Crippen LogP contribution in [0.5, 0.6) is 5.75 Å². The number of aromatic hydroxyl groups is 1. The molecule has 5 aromatic rings. The van der Waals surface area contributed by atoms with Gasteiger partial charge in [0.05, 0.1) is 23.3 Å². The fourth-order valence-corrected chi connectivity index (χ4v) is 10.5. The lowest BCUT2D eigenvalue weighted by atomic mass is 9.84. The normalized spacial score (nSPS) is 22.4. The molecule has 5 fully saturated rings. The summed E-state index contributed by atoms with van der Waals surface area (Å²) in [6, 6.07) is 18.8. The van der Waals surface area contributed by atoms with Crippen molar-refractivity contribution in [1.29, 1.82) is 0 Å². The Morgan fingerprint density at radius 1 is 0.937 bits per heavy atom. The first-order valence-corrected chi connectivity index (χ1v) is 22.6. The van der Waals surface area contributed by atoms with Gasteiger partial charge in [-0.3, -0.25) is 19.8 Å². The summed E-state index contributed by atoms with van der Waals surface area (Å²) in [5.41, 5.74) is 11.6. The maximum absolute atomic E-state index is 16.5. The van der Waals surface area contributed by atoms with Gasteiger partial charge in [0.2, 0.25) is 5.91 Å². The number of phenols is 1. The van der Waals surface area contributed by atoms with Crippen LogP contribution in [0, 0.1) is 5.92 Å². The largest absolute Gasteiger partial charge is 0.507 e. The Kier molecular flexibility index (Phi) is 10.8. The van der Waals surface area contributed by atoms with Crippen molar-refractivity contribution in [3.8, 4) is 17.0 Å². The van der Waals surface area contributed by atoms with Gasteiger partial charge in [-0.2, -0.15) is 0 Å². The predicted octanol–water partition coefficient (Wildman–Crippen LogP) is 7.02. The Balaban J connectivity index is 0.733. The molecule has 3 aromatic heterocycles. The number of rotatable bonds is 9. The number of urea groups is 1. The number of nitrogens with zero attached hydrogens (tertiary/aromatic N) is 8. The molecular formula is C48H55FN10O4. The molecule has 7 heterocycles. The Hall–Kier alpha value is -6.09. The fourth-order valence-electron chi connectivity index (χ4n) is 10.5. The van der Waals surface area contributed by atoms with Crippen LogP contribution in [0.1, 0.15) is 97.7 Å². The lowest BCUT2D eigenvalue weighted by Crippen LogP contribution is -2.51. The minimum atomic E-state index is -1.35. The van der Waals surface area contributed by atoms with E-state index in [4.69, 9.17) is 10.7 Å². The maximum Gasteiger partial charge on any atom is 0.328 e. The number of likely N-dealkylation sites (tertiary alicyclic amines) is 2. The lowest BCUT2D eigenvalue weighted by molar-refractivity contribution is -0.120. The lowest BCUT2D eigenvalue weighted by Gasteiger charge is -2.41. The van der Waals surface area contributed by atoms with Crippen LogP contribution in [-0.4, -0.2) is 111 Å². The van der Waals surface area contributed by atoms with E-state index in [0.717, 1.165) is 80.6 Å². The second-order valence-corrected chi connectivity index (χ2v) is 18.6. The Morgan fingerprint density at radius 2 is 1.70 bits per heavy atom. The molecule has 4 saturated heterocycles. The number of anilines is 3. The van der Waals surface area contributed by atoms with Crippen LogP contribution in [-0.2, 0) is 4.79 Å². The summed E-state index contributed by atoms with van der Waals surface area (Å²) in [6.45, 7) is 6.81.